The standard InChI is InChI=1S/C9H19N5O2/c1-2-7(15)14-8(16)6(10)4-3-5-13-9(11)12/h6H,2-5,10H2,1H3,(H4,11,12,13)(H,14,15,16)/t6-/m0/s1. The van der Waals surface area contributed by atoms with Crippen LogP contribution in [0.3, 0.4) is 0 Å². The smallest absolute Gasteiger partial charge is 0.243 e. The zero-order valence-corrected chi connectivity index (χ0v) is 9.40. The van der Waals surface area contributed by atoms with Gasteiger partial charge in [-0.25, -0.2) is 0 Å². The number of hydrogen-bond acceptors (Lipinski definition) is 4. The van der Waals surface area contributed by atoms with Gasteiger partial charge in [0.15, 0.2) is 5.96 Å². The molecular weight excluding hydrogens is 210 g/mol. The average Bonchev–Trinajstić information content (AvgIpc) is 2.23. The number of amides is 2. The third-order valence-electron chi connectivity index (χ3n) is 1.89. The van der Waals surface area contributed by atoms with Crippen molar-refractivity contribution in [1.29, 1.82) is 0 Å². The molecular formula is C9H19N5O2. The maximum atomic E-state index is 11.3. The molecule has 0 spiro atoms. The van der Waals surface area contributed by atoms with Gasteiger partial charge in [0.05, 0.1) is 6.04 Å². The van der Waals surface area contributed by atoms with E-state index in [0.717, 1.165) is 0 Å². The highest BCUT2D eigenvalue weighted by Gasteiger charge is 2.14. The summed E-state index contributed by atoms with van der Waals surface area (Å²) in [5.74, 6) is -0.777. The molecule has 0 radical (unpaired) electrons. The number of rotatable bonds is 6. The van der Waals surface area contributed by atoms with Crippen molar-refractivity contribution in [3.63, 3.8) is 0 Å². The fraction of sp³-hybridized carbons (Fsp3) is 0.667. The van der Waals surface area contributed by atoms with Gasteiger partial charge in [0.1, 0.15) is 0 Å². The molecule has 0 aromatic carbocycles. The highest BCUT2D eigenvalue weighted by atomic mass is 16.2. The first-order valence-electron chi connectivity index (χ1n) is 5.12. The fourth-order valence-electron chi connectivity index (χ4n) is 0.969. The Morgan fingerprint density at radius 1 is 1.38 bits per heavy atom. The summed E-state index contributed by atoms with van der Waals surface area (Å²) in [7, 11) is 0. The van der Waals surface area contributed by atoms with E-state index in [1.54, 1.807) is 6.92 Å². The number of nitrogens with one attached hydrogen (secondary N) is 1. The van der Waals surface area contributed by atoms with Crippen molar-refractivity contribution < 1.29 is 9.59 Å². The van der Waals surface area contributed by atoms with Crippen LogP contribution in [-0.2, 0) is 9.59 Å². The number of imide groups is 1. The maximum absolute atomic E-state index is 11.3. The van der Waals surface area contributed by atoms with Gasteiger partial charge in [0, 0.05) is 13.0 Å². The molecule has 0 fully saturated rings. The van der Waals surface area contributed by atoms with Gasteiger partial charge >= 0.3 is 0 Å². The van der Waals surface area contributed by atoms with Gasteiger partial charge in [-0.1, -0.05) is 6.92 Å². The van der Waals surface area contributed by atoms with Crippen LogP contribution in [0, 0.1) is 0 Å². The monoisotopic (exact) mass is 229 g/mol. The van der Waals surface area contributed by atoms with Gasteiger partial charge in [0.2, 0.25) is 11.8 Å². The minimum absolute atomic E-state index is 0.0131. The number of aliphatic imine (C=N–C) groups is 1. The van der Waals surface area contributed by atoms with Crippen LogP contribution in [0.4, 0.5) is 0 Å². The topological polar surface area (TPSA) is 137 Å². The highest BCUT2D eigenvalue weighted by Crippen LogP contribution is 1.95. The van der Waals surface area contributed by atoms with E-state index in [4.69, 9.17) is 17.2 Å². The predicted octanol–water partition coefficient (Wildman–Crippen LogP) is -1.58. The van der Waals surface area contributed by atoms with Crippen molar-refractivity contribution in [3.8, 4) is 0 Å². The molecule has 0 rings (SSSR count). The van der Waals surface area contributed by atoms with Crippen LogP contribution in [-0.4, -0.2) is 30.4 Å². The van der Waals surface area contributed by atoms with Crippen LogP contribution in [0.15, 0.2) is 4.99 Å². The summed E-state index contributed by atoms with van der Waals surface area (Å²) in [5, 5.41) is 2.19. The molecule has 0 unspecified atom stereocenters. The Kier molecular flexibility index (Phi) is 6.86. The molecule has 0 bridgehead atoms. The molecule has 1 atom stereocenters. The number of nitrogens with zero attached hydrogens (tertiary/aromatic N) is 1. The van der Waals surface area contributed by atoms with E-state index in [0.29, 0.717) is 19.4 Å². The first-order valence-corrected chi connectivity index (χ1v) is 5.12. The molecule has 7 nitrogen and oxygen atoms in total. The zero-order chi connectivity index (χ0) is 12.6. The normalized spacial score (nSPS) is 11.6. The summed E-state index contributed by atoms with van der Waals surface area (Å²) >= 11 is 0. The van der Waals surface area contributed by atoms with E-state index in [1.165, 1.54) is 0 Å². The first-order chi connectivity index (χ1) is 7.47. The lowest BCUT2D eigenvalue weighted by Gasteiger charge is -2.09. The van der Waals surface area contributed by atoms with E-state index >= 15 is 0 Å². The molecule has 0 heterocycles. The number of carbonyl (C=O) groups excluding carboxylic acids is 2. The molecule has 16 heavy (non-hydrogen) atoms. The van der Waals surface area contributed by atoms with Gasteiger partial charge < -0.3 is 17.2 Å². The lowest BCUT2D eigenvalue weighted by atomic mass is 10.1. The van der Waals surface area contributed by atoms with Crippen molar-refractivity contribution in [1.82, 2.24) is 5.32 Å². The highest BCUT2D eigenvalue weighted by molar-refractivity contribution is 5.97. The minimum atomic E-state index is -0.704. The van der Waals surface area contributed by atoms with Crippen LogP contribution in [0.2, 0.25) is 0 Å². The zero-order valence-electron chi connectivity index (χ0n) is 9.40. The van der Waals surface area contributed by atoms with Gasteiger partial charge in [-0.15, -0.1) is 0 Å². The summed E-state index contributed by atoms with van der Waals surface area (Å²) in [6.07, 6.45) is 1.28. The van der Waals surface area contributed by atoms with Crippen molar-refractivity contribution in [3.05, 3.63) is 0 Å². The Morgan fingerprint density at radius 2 is 2.00 bits per heavy atom. The second-order valence-corrected chi connectivity index (χ2v) is 3.32. The second kappa shape index (κ2) is 7.63. The van der Waals surface area contributed by atoms with Crippen LogP contribution in [0.25, 0.3) is 0 Å². The molecule has 7 N–H and O–H groups in total. The third-order valence-corrected chi connectivity index (χ3v) is 1.89. The molecule has 92 valence electrons. The summed E-state index contributed by atoms with van der Waals surface area (Å²) in [6, 6.07) is -0.704. The van der Waals surface area contributed by atoms with Gasteiger partial charge in [0.25, 0.3) is 0 Å². The van der Waals surface area contributed by atoms with Gasteiger partial charge in [-0.3, -0.25) is 19.9 Å². The Balaban J connectivity index is 3.79. The van der Waals surface area contributed by atoms with E-state index in [2.05, 4.69) is 10.3 Å². The maximum Gasteiger partial charge on any atom is 0.243 e. The van der Waals surface area contributed by atoms with Gasteiger partial charge in [-0.05, 0) is 12.8 Å². The lowest BCUT2D eigenvalue weighted by molar-refractivity contribution is -0.131. The largest absolute Gasteiger partial charge is 0.370 e. The summed E-state index contributed by atoms with van der Waals surface area (Å²) in [5.41, 5.74) is 15.8. The van der Waals surface area contributed by atoms with Crippen molar-refractivity contribution in [2.24, 2.45) is 22.2 Å². The fourth-order valence-corrected chi connectivity index (χ4v) is 0.969. The number of guanidine groups is 1. The molecule has 0 aliphatic heterocycles. The molecule has 0 saturated heterocycles. The van der Waals surface area contributed by atoms with Crippen LogP contribution < -0.4 is 22.5 Å². The SMILES string of the molecule is CCC(=O)NC(=O)[C@@H](N)CCCN=C(N)N. The quantitative estimate of drug-likeness (QED) is 0.247. The van der Waals surface area contributed by atoms with E-state index < -0.39 is 11.9 Å². The summed E-state index contributed by atoms with van der Waals surface area (Å²) in [6.45, 7) is 2.08. The molecule has 7 heteroatoms. The van der Waals surface area contributed by atoms with Crippen molar-refractivity contribution in [2.45, 2.75) is 32.2 Å². The van der Waals surface area contributed by atoms with E-state index in [1.807, 2.05) is 0 Å². The van der Waals surface area contributed by atoms with E-state index in [-0.39, 0.29) is 18.3 Å². The van der Waals surface area contributed by atoms with Crippen LogP contribution in [0.5, 0.6) is 0 Å². The number of nitrogens with two attached hydrogens (primary N) is 3. The van der Waals surface area contributed by atoms with Crippen LogP contribution >= 0.6 is 0 Å². The van der Waals surface area contributed by atoms with Crippen molar-refractivity contribution in [2.75, 3.05) is 6.54 Å². The third kappa shape index (κ3) is 6.77. The number of hydrogen-bond donors (Lipinski definition) is 4. The molecule has 0 aliphatic carbocycles. The predicted molar refractivity (Wildman–Crippen MR) is 61.3 cm³/mol. The molecule has 2 amide bonds. The van der Waals surface area contributed by atoms with Crippen molar-refractivity contribution >= 4 is 17.8 Å². The first kappa shape index (κ1) is 14.4. The Labute approximate surface area is 94.4 Å². The average molecular weight is 229 g/mol. The lowest BCUT2D eigenvalue weighted by Crippen LogP contribution is -2.43. The molecule has 0 aromatic rings. The Hall–Kier alpha value is -1.63. The molecule has 0 saturated carbocycles. The molecule has 0 aliphatic rings. The summed E-state index contributed by atoms with van der Waals surface area (Å²) in [4.78, 5) is 26.0. The Morgan fingerprint density at radius 3 is 2.50 bits per heavy atom. The second-order valence-electron chi connectivity index (χ2n) is 3.32. The summed E-state index contributed by atoms with van der Waals surface area (Å²) < 4.78 is 0. The van der Waals surface area contributed by atoms with Crippen LogP contribution in [0.1, 0.15) is 26.2 Å². The van der Waals surface area contributed by atoms with Gasteiger partial charge in [-0.2, -0.15) is 0 Å². The molecule has 0 aromatic heterocycles. The number of carbonyl (C=O) groups is 2. The van der Waals surface area contributed by atoms with E-state index in [9.17, 15) is 9.59 Å². The Bertz CT molecular complexity index is 273. The minimum Gasteiger partial charge on any atom is -0.370 e.